The van der Waals surface area contributed by atoms with E-state index >= 15 is 0 Å². The Morgan fingerprint density at radius 3 is 2.89 bits per heavy atom. The van der Waals surface area contributed by atoms with Crippen LogP contribution in [0.4, 0.5) is 11.6 Å². The number of piperazine rings is 1. The second-order valence-corrected chi connectivity index (χ2v) is 9.34. The number of benzene rings is 2. The molecule has 1 aliphatic rings. The van der Waals surface area contributed by atoms with E-state index in [4.69, 9.17) is 9.72 Å². The monoisotopic (exact) mass is 472 g/mol. The maximum Gasteiger partial charge on any atom is 0.192 e. The van der Waals surface area contributed by atoms with Gasteiger partial charge in [-0.2, -0.15) is 5.10 Å². The Bertz CT molecular complexity index is 1320. The normalized spacial score (nSPS) is 16.1. The van der Waals surface area contributed by atoms with Gasteiger partial charge in [0.25, 0.3) is 0 Å². The average molecular weight is 473 g/mol. The molecular formula is C26H32N8O. The molecule has 1 saturated heterocycles. The van der Waals surface area contributed by atoms with E-state index in [1.54, 1.807) is 7.11 Å². The fourth-order valence-corrected chi connectivity index (χ4v) is 4.44. The number of hydrogen-bond acceptors (Lipinski definition) is 8. The quantitative estimate of drug-likeness (QED) is 0.373. The van der Waals surface area contributed by atoms with Crippen molar-refractivity contribution in [3.63, 3.8) is 0 Å². The predicted molar refractivity (Wildman–Crippen MR) is 139 cm³/mol. The summed E-state index contributed by atoms with van der Waals surface area (Å²) in [5.74, 6) is 3.47. The van der Waals surface area contributed by atoms with Crippen molar-refractivity contribution in [1.29, 1.82) is 0 Å². The third-order valence-electron chi connectivity index (χ3n) is 6.57. The van der Waals surface area contributed by atoms with Crippen LogP contribution in [0, 0.1) is 12.8 Å². The highest BCUT2D eigenvalue weighted by atomic mass is 16.5. The molecule has 0 aliphatic carbocycles. The van der Waals surface area contributed by atoms with Crippen LogP contribution in [0.25, 0.3) is 22.3 Å². The topological polar surface area (TPSA) is 104 Å². The van der Waals surface area contributed by atoms with Crippen molar-refractivity contribution in [3.05, 3.63) is 53.7 Å². The lowest BCUT2D eigenvalue weighted by molar-refractivity contribution is 0.367. The maximum absolute atomic E-state index is 5.37. The lowest BCUT2D eigenvalue weighted by atomic mass is 10.0. The van der Waals surface area contributed by atoms with Crippen molar-refractivity contribution in [2.75, 3.05) is 37.0 Å². The van der Waals surface area contributed by atoms with Crippen molar-refractivity contribution in [2.45, 2.75) is 33.4 Å². The Labute approximate surface area is 205 Å². The second-order valence-electron chi connectivity index (χ2n) is 9.34. The zero-order valence-corrected chi connectivity index (χ0v) is 20.7. The summed E-state index contributed by atoms with van der Waals surface area (Å²) in [5, 5.41) is 24.6. The summed E-state index contributed by atoms with van der Waals surface area (Å²) >= 11 is 0. The van der Waals surface area contributed by atoms with Gasteiger partial charge in [0.2, 0.25) is 0 Å². The first kappa shape index (κ1) is 23.0. The highest BCUT2D eigenvalue weighted by Gasteiger charge is 2.26. The molecule has 0 radical (unpaired) electrons. The van der Waals surface area contributed by atoms with Crippen molar-refractivity contribution >= 4 is 22.5 Å². The van der Waals surface area contributed by atoms with Gasteiger partial charge in [-0.3, -0.25) is 5.10 Å². The fraction of sp³-hybridized carbons (Fsp3) is 0.385. The fourth-order valence-electron chi connectivity index (χ4n) is 4.44. The Balaban J connectivity index is 1.49. The number of ether oxygens (including phenoxy) is 1. The molecule has 0 amide bonds. The molecular weight excluding hydrogens is 440 g/mol. The number of hydrogen-bond donors (Lipinski definition) is 3. The van der Waals surface area contributed by atoms with Crippen LogP contribution < -0.4 is 20.3 Å². The lowest BCUT2D eigenvalue weighted by Crippen LogP contribution is -2.53. The van der Waals surface area contributed by atoms with Gasteiger partial charge in [-0.1, -0.05) is 26.0 Å². The van der Waals surface area contributed by atoms with Crippen LogP contribution in [0.15, 0.2) is 42.5 Å². The van der Waals surface area contributed by atoms with Crippen molar-refractivity contribution in [3.8, 4) is 17.1 Å². The molecule has 1 atom stereocenters. The molecule has 3 N–H and O–H groups in total. The van der Waals surface area contributed by atoms with E-state index in [2.05, 4.69) is 61.9 Å². The molecule has 9 heteroatoms. The van der Waals surface area contributed by atoms with Gasteiger partial charge in [-0.25, -0.2) is 4.98 Å². The summed E-state index contributed by atoms with van der Waals surface area (Å²) in [6.07, 6.45) is 0. The van der Waals surface area contributed by atoms with E-state index in [1.165, 1.54) is 0 Å². The highest BCUT2D eigenvalue weighted by Crippen LogP contribution is 2.28. The molecule has 0 spiro atoms. The van der Waals surface area contributed by atoms with Gasteiger partial charge in [-0.05, 0) is 48.7 Å². The van der Waals surface area contributed by atoms with E-state index in [1.807, 2.05) is 37.3 Å². The molecule has 182 valence electrons. The summed E-state index contributed by atoms with van der Waals surface area (Å²) in [6, 6.07) is 14.5. The number of fused-ring (bicyclic) bond motifs is 1. The van der Waals surface area contributed by atoms with Crippen LogP contribution in [0.3, 0.4) is 0 Å². The minimum Gasteiger partial charge on any atom is -0.497 e. The molecule has 35 heavy (non-hydrogen) atoms. The first-order valence-electron chi connectivity index (χ1n) is 12.1. The molecule has 1 fully saturated rings. The predicted octanol–water partition coefficient (Wildman–Crippen LogP) is 3.78. The minimum atomic E-state index is 0.387. The minimum absolute atomic E-state index is 0.387. The van der Waals surface area contributed by atoms with Crippen LogP contribution in [-0.2, 0) is 6.54 Å². The molecule has 3 heterocycles. The number of methoxy groups -OCH3 is 1. The zero-order chi connectivity index (χ0) is 24.4. The van der Waals surface area contributed by atoms with Crippen LogP contribution in [0.1, 0.15) is 25.1 Å². The number of aryl methyl sites for hydroxylation is 1. The van der Waals surface area contributed by atoms with E-state index < -0.39 is 0 Å². The molecule has 4 aromatic rings. The van der Waals surface area contributed by atoms with Gasteiger partial charge in [-0.15, -0.1) is 10.2 Å². The van der Waals surface area contributed by atoms with Gasteiger partial charge < -0.3 is 20.3 Å². The van der Waals surface area contributed by atoms with Gasteiger partial charge in [0.1, 0.15) is 5.75 Å². The maximum atomic E-state index is 5.37. The van der Waals surface area contributed by atoms with Gasteiger partial charge in [0.05, 0.1) is 12.6 Å². The summed E-state index contributed by atoms with van der Waals surface area (Å²) < 4.78 is 5.37. The van der Waals surface area contributed by atoms with Gasteiger partial charge >= 0.3 is 0 Å². The van der Waals surface area contributed by atoms with Crippen LogP contribution in [0.2, 0.25) is 0 Å². The number of aromatic amines is 1. The van der Waals surface area contributed by atoms with E-state index in [0.717, 1.165) is 58.9 Å². The summed E-state index contributed by atoms with van der Waals surface area (Å²) in [6.45, 7) is 9.72. The third-order valence-corrected chi connectivity index (χ3v) is 6.57. The number of nitrogens with one attached hydrogen (secondary N) is 3. The molecule has 1 aliphatic heterocycles. The second kappa shape index (κ2) is 9.87. The molecule has 5 rings (SSSR count). The molecule has 0 saturated carbocycles. The van der Waals surface area contributed by atoms with E-state index in [9.17, 15) is 0 Å². The first-order valence-corrected chi connectivity index (χ1v) is 12.1. The van der Waals surface area contributed by atoms with E-state index in [-0.39, 0.29) is 0 Å². The van der Waals surface area contributed by atoms with E-state index in [0.29, 0.717) is 30.1 Å². The van der Waals surface area contributed by atoms with Crippen molar-refractivity contribution in [1.82, 2.24) is 30.7 Å². The third kappa shape index (κ3) is 4.90. The van der Waals surface area contributed by atoms with Crippen LogP contribution >= 0.6 is 0 Å². The number of H-pyrrole nitrogens is 1. The van der Waals surface area contributed by atoms with Crippen LogP contribution in [0.5, 0.6) is 5.75 Å². The Morgan fingerprint density at radius 2 is 2.06 bits per heavy atom. The SMILES string of the molecule is COc1cccc(CNc2nnc(-c3ccc4n[nH]c(C)c4c3)nc2N2CCN[C@@H](C(C)C)C2)c1. The molecule has 2 aromatic carbocycles. The zero-order valence-electron chi connectivity index (χ0n) is 20.7. The van der Waals surface area contributed by atoms with Gasteiger partial charge in [0.15, 0.2) is 17.5 Å². The van der Waals surface area contributed by atoms with Crippen molar-refractivity contribution in [2.24, 2.45) is 5.92 Å². The molecule has 9 nitrogen and oxygen atoms in total. The number of rotatable bonds is 7. The van der Waals surface area contributed by atoms with Crippen LogP contribution in [-0.4, -0.2) is 58.2 Å². The Morgan fingerprint density at radius 1 is 1.17 bits per heavy atom. The number of aromatic nitrogens is 5. The smallest absolute Gasteiger partial charge is 0.192 e. The molecule has 2 aromatic heterocycles. The first-order chi connectivity index (χ1) is 17.0. The average Bonchev–Trinajstić information content (AvgIpc) is 3.27. The van der Waals surface area contributed by atoms with Crippen molar-refractivity contribution < 1.29 is 4.74 Å². The molecule has 0 bridgehead atoms. The standard InChI is InChI=1S/C26H32N8O/c1-16(2)23-15-34(11-10-27-23)26-25(28-14-18-6-5-7-20(12-18)35-4)33-32-24(29-26)19-8-9-22-21(13-19)17(3)30-31-22/h5-9,12-13,16,23,27H,10-11,14-15H2,1-4H3,(H,28,33)(H,30,31)/t23-/m1/s1. The Kier molecular flexibility index (Phi) is 6.50. The highest BCUT2D eigenvalue weighted by molar-refractivity contribution is 5.85. The number of nitrogens with zero attached hydrogens (tertiary/aromatic N) is 5. The lowest BCUT2D eigenvalue weighted by Gasteiger charge is -2.37. The largest absolute Gasteiger partial charge is 0.497 e. The summed E-state index contributed by atoms with van der Waals surface area (Å²) in [7, 11) is 1.68. The van der Waals surface area contributed by atoms with Gasteiger partial charge in [0, 0.05) is 48.9 Å². The molecule has 0 unspecified atom stereocenters. The Hall–Kier alpha value is -3.72. The summed E-state index contributed by atoms with van der Waals surface area (Å²) in [4.78, 5) is 7.35. The number of anilines is 2. The summed E-state index contributed by atoms with van der Waals surface area (Å²) in [5.41, 5.74) is 3.97.